The number of aliphatic imine (C=N–C) groups is 1. The summed E-state index contributed by atoms with van der Waals surface area (Å²) in [5.41, 5.74) is 16.4. The molecule has 1 aliphatic rings. The number of thioether (sulfide) groups is 2. The van der Waals surface area contributed by atoms with Crippen LogP contribution in [0, 0.1) is 11.8 Å². The van der Waals surface area contributed by atoms with Crippen LogP contribution in [0.2, 0.25) is 0 Å². The van der Waals surface area contributed by atoms with Crippen LogP contribution in [-0.2, 0) is 38.4 Å². The zero-order chi connectivity index (χ0) is 49.2. The lowest BCUT2D eigenvalue weighted by atomic mass is 10.0. The van der Waals surface area contributed by atoms with E-state index in [0.29, 0.717) is 24.5 Å². The molecule has 368 valence electrons. The fraction of sp³-hybridized carbons (Fsp3) is 0.763. The van der Waals surface area contributed by atoms with Crippen LogP contribution in [0.15, 0.2) is 4.99 Å². The third kappa shape index (κ3) is 25.1. The molecule has 7 unspecified atom stereocenters. The molecule has 1 rings (SSSR count). The molecule has 1 fully saturated rings. The number of rotatable bonds is 28. The fourth-order valence-electron chi connectivity index (χ4n) is 5.94. The monoisotopic (exact) mass is 959 g/mol. The van der Waals surface area contributed by atoms with E-state index in [4.69, 9.17) is 27.1 Å². The number of hydrogen-bond donors (Lipinski definition) is 12. The van der Waals surface area contributed by atoms with Crippen LogP contribution in [0.3, 0.4) is 0 Å². The zero-order valence-corrected chi connectivity index (χ0v) is 38.8. The molecule has 7 amide bonds. The molecule has 0 aliphatic carbocycles. The summed E-state index contributed by atoms with van der Waals surface area (Å²) in [7, 11) is 0. The molecular weight excluding hydrogens is 892 g/mol. The number of halogens is 3. The number of hydrogen-bond acceptors (Lipinski definition) is 13. The summed E-state index contributed by atoms with van der Waals surface area (Å²) in [5.74, 6) is -6.58. The Kier molecular flexibility index (Phi) is 29.1. The molecule has 0 saturated carbocycles. The standard InChI is InChI=1S/C36H67N11O8S2.C2HF3O2/c1-20(2)17-26(29(37)49)45-31(51)23(10-8-14-41-36(38)39)42-34(54)27(18-21(3)4)46-32(52)24(11-15-56-5)44-35(55)28(19-48)47-33(53)25(12-16-57-6)43-30(50)22-9-7-13-40-22;3-2(4,5)1(6)7/h20-28,40,48H,7-19H2,1-6H3,(H2,37,49)(H,42,54)(H,43,50)(H,44,55)(H,45,51)(H,46,52)(H,47,53)(H4,38,39,41);(H,6,7). The Bertz CT molecular complexity index is 1550. The van der Waals surface area contributed by atoms with Crippen molar-refractivity contribution in [3.05, 3.63) is 0 Å². The van der Waals surface area contributed by atoms with Crippen molar-refractivity contribution in [3.63, 3.8) is 0 Å². The number of nitrogens with two attached hydrogens (primary N) is 3. The molecular formula is C38H68F3N11O10S2. The van der Waals surface area contributed by atoms with Crippen LogP contribution >= 0.6 is 23.5 Å². The largest absolute Gasteiger partial charge is 0.490 e. The first-order chi connectivity index (χ1) is 29.9. The summed E-state index contributed by atoms with van der Waals surface area (Å²) in [6.45, 7) is 7.48. The SMILES string of the molecule is CSCCC(NC(=O)C1CCCN1)C(=O)NC(CO)C(=O)NC(CCSC)C(=O)NC(CC(C)C)C(=O)NC(CCCN=C(N)N)C(=O)NC(CC(C)C)C(N)=O.O=C(O)C(F)(F)F. The number of carboxylic acid groups (broad SMARTS) is 1. The van der Waals surface area contributed by atoms with E-state index in [1.807, 2.05) is 40.2 Å². The van der Waals surface area contributed by atoms with E-state index >= 15 is 0 Å². The fourth-order valence-corrected chi connectivity index (χ4v) is 6.88. The molecule has 0 radical (unpaired) electrons. The number of carbonyl (C=O) groups excluding carboxylic acids is 7. The van der Waals surface area contributed by atoms with Crippen molar-refractivity contribution < 1.29 is 61.7 Å². The maximum Gasteiger partial charge on any atom is 0.490 e. The third-order valence-corrected chi connectivity index (χ3v) is 10.5. The summed E-state index contributed by atoms with van der Waals surface area (Å²) >= 11 is 2.90. The van der Waals surface area contributed by atoms with Gasteiger partial charge in [-0.15, -0.1) is 0 Å². The lowest BCUT2D eigenvalue weighted by Gasteiger charge is -2.28. The highest BCUT2D eigenvalue weighted by Crippen LogP contribution is 2.14. The number of alkyl halides is 3. The lowest BCUT2D eigenvalue weighted by molar-refractivity contribution is -0.192. The highest BCUT2D eigenvalue weighted by molar-refractivity contribution is 7.98. The molecule has 15 N–H and O–H groups in total. The smallest absolute Gasteiger partial charge is 0.475 e. The Morgan fingerprint density at radius 2 is 1.09 bits per heavy atom. The number of nitrogens with one attached hydrogen (secondary N) is 7. The second kappa shape index (κ2) is 31.3. The highest BCUT2D eigenvalue weighted by atomic mass is 32.2. The summed E-state index contributed by atoms with van der Waals surface area (Å²) in [4.78, 5) is 106. The minimum Gasteiger partial charge on any atom is -0.475 e. The predicted molar refractivity (Wildman–Crippen MR) is 237 cm³/mol. The van der Waals surface area contributed by atoms with Gasteiger partial charge in [-0.3, -0.25) is 38.6 Å². The van der Waals surface area contributed by atoms with Gasteiger partial charge in [0, 0.05) is 6.54 Å². The number of aliphatic carboxylic acids is 1. The summed E-state index contributed by atoms with van der Waals surface area (Å²) in [5, 5.41) is 36.3. The van der Waals surface area contributed by atoms with Gasteiger partial charge in [0.15, 0.2) is 5.96 Å². The summed E-state index contributed by atoms with van der Waals surface area (Å²) < 4.78 is 31.7. The number of primary amides is 1. The molecule has 7 atom stereocenters. The van der Waals surface area contributed by atoms with Crippen LogP contribution in [0.25, 0.3) is 0 Å². The number of carbonyl (C=O) groups is 8. The average Bonchev–Trinajstić information content (AvgIpc) is 3.75. The molecule has 1 heterocycles. The average molecular weight is 960 g/mol. The molecule has 0 spiro atoms. The number of amides is 7. The molecule has 21 nitrogen and oxygen atoms in total. The van der Waals surface area contributed by atoms with Crippen molar-refractivity contribution >= 4 is 76.8 Å². The van der Waals surface area contributed by atoms with E-state index in [2.05, 4.69) is 42.2 Å². The Labute approximate surface area is 380 Å². The predicted octanol–water partition coefficient (Wildman–Crippen LogP) is -1.59. The molecule has 64 heavy (non-hydrogen) atoms. The van der Waals surface area contributed by atoms with Crippen LogP contribution in [0.5, 0.6) is 0 Å². The molecule has 1 aliphatic heterocycles. The van der Waals surface area contributed by atoms with Gasteiger partial charge < -0.3 is 64.6 Å². The third-order valence-electron chi connectivity index (χ3n) is 9.21. The van der Waals surface area contributed by atoms with Crippen molar-refractivity contribution in [1.29, 1.82) is 0 Å². The Morgan fingerprint density at radius 1 is 0.688 bits per heavy atom. The van der Waals surface area contributed by atoms with Gasteiger partial charge in [-0.2, -0.15) is 36.7 Å². The van der Waals surface area contributed by atoms with Crippen molar-refractivity contribution in [3.8, 4) is 0 Å². The van der Waals surface area contributed by atoms with Gasteiger partial charge >= 0.3 is 12.1 Å². The molecule has 0 aromatic heterocycles. The second-order valence-electron chi connectivity index (χ2n) is 15.7. The van der Waals surface area contributed by atoms with E-state index in [9.17, 15) is 51.8 Å². The van der Waals surface area contributed by atoms with Crippen LogP contribution in [-0.4, -0.2) is 156 Å². The zero-order valence-electron chi connectivity index (χ0n) is 37.2. The number of carboxylic acids is 1. The summed E-state index contributed by atoms with van der Waals surface area (Å²) in [6, 6.07) is -7.29. The van der Waals surface area contributed by atoms with Gasteiger partial charge in [0.25, 0.3) is 0 Å². The van der Waals surface area contributed by atoms with E-state index in [-0.39, 0.29) is 68.8 Å². The van der Waals surface area contributed by atoms with Crippen molar-refractivity contribution in [2.24, 2.45) is 34.0 Å². The number of aliphatic hydroxyl groups excluding tert-OH is 1. The Hall–Kier alpha value is -4.56. The van der Waals surface area contributed by atoms with E-state index in [1.54, 1.807) is 0 Å². The minimum absolute atomic E-state index is 0.0282. The number of nitrogens with zero attached hydrogens (tertiary/aromatic N) is 1. The Balaban J connectivity index is 0.00000520. The van der Waals surface area contributed by atoms with Gasteiger partial charge in [0.05, 0.1) is 12.6 Å². The number of guanidine groups is 1. The van der Waals surface area contributed by atoms with Crippen molar-refractivity contribution in [1.82, 2.24) is 37.2 Å². The Morgan fingerprint density at radius 3 is 1.50 bits per heavy atom. The second-order valence-corrected chi connectivity index (χ2v) is 17.6. The van der Waals surface area contributed by atoms with E-state index in [1.165, 1.54) is 23.5 Å². The topological polar surface area (TPSA) is 352 Å². The van der Waals surface area contributed by atoms with Gasteiger partial charge in [-0.25, -0.2) is 4.79 Å². The first-order valence-corrected chi connectivity index (χ1v) is 23.5. The maximum atomic E-state index is 13.8. The molecule has 0 bridgehead atoms. The van der Waals surface area contributed by atoms with Crippen LogP contribution in [0.4, 0.5) is 13.2 Å². The van der Waals surface area contributed by atoms with Crippen LogP contribution < -0.4 is 54.4 Å². The normalized spacial score (nSPS) is 16.3. The van der Waals surface area contributed by atoms with Gasteiger partial charge in [-0.1, -0.05) is 27.7 Å². The lowest BCUT2D eigenvalue weighted by Crippen LogP contribution is -2.60. The van der Waals surface area contributed by atoms with Crippen LogP contribution in [0.1, 0.15) is 79.1 Å². The molecule has 1 saturated heterocycles. The summed E-state index contributed by atoms with van der Waals surface area (Å²) in [6.07, 6.45) is 1.29. The molecule has 0 aromatic carbocycles. The maximum absolute atomic E-state index is 13.8. The van der Waals surface area contributed by atoms with Crippen molar-refractivity contribution in [2.75, 3.05) is 43.7 Å². The van der Waals surface area contributed by atoms with Gasteiger partial charge in [0.1, 0.15) is 36.3 Å². The molecule has 26 heteroatoms. The van der Waals surface area contributed by atoms with Gasteiger partial charge in [-0.05, 0) is 93.8 Å². The van der Waals surface area contributed by atoms with E-state index in [0.717, 1.165) is 6.42 Å². The van der Waals surface area contributed by atoms with E-state index < -0.39 is 96.5 Å². The first-order valence-electron chi connectivity index (χ1n) is 20.7. The van der Waals surface area contributed by atoms with Gasteiger partial charge in [0.2, 0.25) is 41.4 Å². The first kappa shape index (κ1) is 59.4. The molecule has 0 aromatic rings. The number of aliphatic hydroxyl groups is 1. The quantitative estimate of drug-likeness (QED) is 0.0239. The van der Waals surface area contributed by atoms with Crippen molar-refractivity contribution in [2.45, 2.75) is 128 Å². The highest BCUT2D eigenvalue weighted by Gasteiger charge is 2.38. The minimum atomic E-state index is -5.08.